The summed E-state index contributed by atoms with van der Waals surface area (Å²) in [6.45, 7) is 3.26. The minimum absolute atomic E-state index is 0.187. The number of hydrogen-bond acceptors (Lipinski definition) is 4. The molecular weight excluding hydrogens is 286 g/mol. The van der Waals surface area contributed by atoms with Crippen LogP contribution in [0.2, 0.25) is 0 Å². The Hall–Kier alpha value is -2.20. The molecule has 0 radical (unpaired) electrons. The molecule has 3 rings (SSSR count). The first-order valence-electron chi connectivity index (χ1n) is 8.16. The number of pyridine rings is 1. The molecule has 4 heteroatoms. The first-order valence-corrected chi connectivity index (χ1v) is 8.16. The van der Waals surface area contributed by atoms with Crippen LogP contribution in [0.15, 0.2) is 41.4 Å². The topological polar surface area (TPSA) is 48.7 Å². The summed E-state index contributed by atoms with van der Waals surface area (Å²) in [5.41, 5.74) is 4.52. The summed E-state index contributed by atoms with van der Waals surface area (Å²) in [6, 6.07) is 12.3. The number of nitrogens with zero attached hydrogens (tertiary/aromatic N) is 3. The van der Waals surface area contributed by atoms with Gasteiger partial charge in [-0.3, -0.25) is 9.89 Å². The number of fused-ring (bicyclic) bond motifs is 1. The van der Waals surface area contributed by atoms with Gasteiger partial charge in [-0.15, -0.1) is 0 Å². The Balaban J connectivity index is 1.53. The molecule has 0 spiro atoms. The SMILES string of the molecule is CN=Cc1nc(CCCN2CCc3ccccc3C2)ccc1O. The maximum atomic E-state index is 9.73. The van der Waals surface area contributed by atoms with Crippen molar-refractivity contribution in [3.05, 3.63) is 58.9 Å². The van der Waals surface area contributed by atoms with Gasteiger partial charge < -0.3 is 5.11 Å². The summed E-state index contributed by atoms with van der Waals surface area (Å²) >= 11 is 0. The Kier molecular flexibility index (Phi) is 5.03. The number of aliphatic imine (C=N–C) groups is 1. The highest BCUT2D eigenvalue weighted by Crippen LogP contribution is 2.19. The van der Waals surface area contributed by atoms with Crippen LogP contribution < -0.4 is 0 Å². The Morgan fingerprint density at radius 2 is 2.04 bits per heavy atom. The second-order valence-corrected chi connectivity index (χ2v) is 5.99. The van der Waals surface area contributed by atoms with Crippen LogP contribution in [0.5, 0.6) is 5.75 Å². The van der Waals surface area contributed by atoms with Crippen molar-refractivity contribution >= 4 is 6.21 Å². The summed E-state index contributed by atoms with van der Waals surface area (Å²) in [7, 11) is 1.68. The molecule has 0 atom stereocenters. The van der Waals surface area contributed by atoms with Gasteiger partial charge in [0.05, 0.1) is 6.21 Å². The van der Waals surface area contributed by atoms with E-state index in [-0.39, 0.29) is 5.75 Å². The third-order valence-corrected chi connectivity index (χ3v) is 4.33. The van der Waals surface area contributed by atoms with Crippen LogP contribution in [0, 0.1) is 0 Å². The molecular formula is C19H23N3O. The lowest BCUT2D eigenvalue weighted by Crippen LogP contribution is -2.31. The molecule has 120 valence electrons. The molecule has 1 aromatic carbocycles. The second-order valence-electron chi connectivity index (χ2n) is 5.99. The van der Waals surface area contributed by atoms with E-state index in [1.165, 1.54) is 11.1 Å². The van der Waals surface area contributed by atoms with E-state index in [1.807, 2.05) is 6.07 Å². The molecule has 1 aliphatic rings. The molecule has 0 aliphatic carbocycles. The van der Waals surface area contributed by atoms with Crippen molar-refractivity contribution in [1.29, 1.82) is 0 Å². The maximum absolute atomic E-state index is 9.73. The summed E-state index contributed by atoms with van der Waals surface area (Å²) in [4.78, 5) is 10.9. The molecule has 0 unspecified atom stereocenters. The lowest BCUT2D eigenvalue weighted by molar-refractivity contribution is 0.251. The van der Waals surface area contributed by atoms with Crippen molar-refractivity contribution in [3.8, 4) is 5.75 Å². The molecule has 2 aromatic rings. The van der Waals surface area contributed by atoms with E-state index in [4.69, 9.17) is 0 Å². The van der Waals surface area contributed by atoms with Gasteiger partial charge in [0.15, 0.2) is 0 Å². The predicted molar refractivity (Wildman–Crippen MR) is 93.2 cm³/mol. The van der Waals surface area contributed by atoms with E-state index in [0.29, 0.717) is 5.69 Å². The standard InChI is InChI=1S/C19H23N3O/c1-20-13-18-19(23)9-8-17(21-18)7-4-11-22-12-10-15-5-2-3-6-16(15)14-22/h2-3,5-6,8-9,13,23H,4,7,10-12,14H2,1H3. The Morgan fingerprint density at radius 1 is 1.22 bits per heavy atom. The van der Waals surface area contributed by atoms with Gasteiger partial charge in [0.25, 0.3) is 0 Å². The smallest absolute Gasteiger partial charge is 0.142 e. The highest BCUT2D eigenvalue weighted by molar-refractivity contribution is 5.80. The number of benzene rings is 1. The second kappa shape index (κ2) is 7.38. The van der Waals surface area contributed by atoms with E-state index in [2.05, 4.69) is 39.1 Å². The minimum Gasteiger partial charge on any atom is -0.506 e. The Morgan fingerprint density at radius 3 is 2.87 bits per heavy atom. The van der Waals surface area contributed by atoms with E-state index in [1.54, 1.807) is 19.3 Å². The quantitative estimate of drug-likeness (QED) is 0.864. The van der Waals surface area contributed by atoms with Crippen LogP contribution in [-0.4, -0.2) is 41.3 Å². The predicted octanol–water partition coefficient (Wildman–Crippen LogP) is 2.83. The first-order chi connectivity index (χ1) is 11.3. The van der Waals surface area contributed by atoms with Gasteiger partial charge in [0, 0.05) is 25.8 Å². The molecule has 0 amide bonds. The van der Waals surface area contributed by atoms with E-state index in [0.717, 1.165) is 44.6 Å². The van der Waals surface area contributed by atoms with Crippen LogP contribution in [0.1, 0.15) is 28.9 Å². The zero-order valence-electron chi connectivity index (χ0n) is 13.6. The van der Waals surface area contributed by atoms with Gasteiger partial charge in [-0.2, -0.15) is 0 Å². The number of rotatable bonds is 5. The zero-order valence-corrected chi connectivity index (χ0v) is 13.6. The van der Waals surface area contributed by atoms with E-state index in [9.17, 15) is 5.11 Å². The lowest BCUT2D eigenvalue weighted by atomic mass is 10.00. The van der Waals surface area contributed by atoms with E-state index < -0.39 is 0 Å². The van der Waals surface area contributed by atoms with Crippen molar-refractivity contribution in [2.75, 3.05) is 20.1 Å². The van der Waals surface area contributed by atoms with Gasteiger partial charge in [0.2, 0.25) is 0 Å². The molecule has 2 heterocycles. The van der Waals surface area contributed by atoms with Gasteiger partial charge in [-0.05, 0) is 49.1 Å². The average Bonchev–Trinajstić information content (AvgIpc) is 2.58. The molecule has 0 saturated heterocycles. The number of aromatic nitrogens is 1. The summed E-state index contributed by atoms with van der Waals surface area (Å²) in [6.07, 6.45) is 4.73. The van der Waals surface area contributed by atoms with Crippen LogP contribution >= 0.6 is 0 Å². The highest BCUT2D eigenvalue weighted by atomic mass is 16.3. The van der Waals surface area contributed by atoms with Gasteiger partial charge in [-0.1, -0.05) is 24.3 Å². The summed E-state index contributed by atoms with van der Waals surface area (Å²) in [5, 5.41) is 9.73. The molecule has 1 N–H and O–H groups in total. The fraction of sp³-hybridized carbons (Fsp3) is 0.368. The zero-order chi connectivity index (χ0) is 16.1. The fourth-order valence-electron chi connectivity index (χ4n) is 3.10. The molecule has 1 aliphatic heterocycles. The van der Waals surface area contributed by atoms with Gasteiger partial charge >= 0.3 is 0 Å². The number of aryl methyl sites for hydroxylation is 1. The normalized spacial score (nSPS) is 15.0. The Bertz CT molecular complexity index is 697. The minimum atomic E-state index is 0.187. The van der Waals surface area contributed by atoms with Crippen molar-refractivity contribution < 1.29 is 5.11 Å². The first kappa shape index (κ1) is 15.7. The summed E-state index contributed by atoms with van der Waals surface area (Å²) < 4.78 is 0. The molecule has 23 heavy (non-hydrogen) atoms. The lowest BCUT2D eigenvalue weighted by Gasteiger charge is -2.28. The van der Waals surface area contributed by atoms with Crippen molar-refractivity contribution in [2.45, 2.75) is 25.8 Å². The average molecular weight is 309 g/mol. The van der Waals surface area contributed by atoms with Crippen LogP contribution in [0.25, 0.3) is 0 Å². The summed E-state index contributed by atoms with van der Waals surface area (Å²) in [5.74, 6) is 0.187. The van der Waals surface area contributed by atoms with E-state index >= 15 is 0 Å². The highest BCUT2D eigenvalue weighted by Gasteiger charge is 2.15. The van der Waals surface area contributed by atoms with Crippen molar-refractivity contribution in [1.82, 2.24) is 9.88 Å². The van der Waals surface area contributed by atoms with Gasteiger partial charge in [0.1, 0.15) is 11.4 Å². The van der Waals surface area contributed by atoms with Crippen LogP contribution in [-0.2, 0) is 19.4 Å². The van der Waals surface area contributed by atoms with Crippen LogP contribution in [0.4, 0.5) is 0 Å². The largest absolute Gasteiger partial charge is 0.506 e. The van der Waals surface area contributed by atoms with Gasteiger partial charge in [-0.25, -0.2) is 4.98 Å². The molecule has 4 nitrogen and oxygen atoms in total. The molecule has 0 bridgehead atoms. The number of hydrogen-bond donors (Lipinski definition) is 1. The molecule has 0 saturated carbocycles. The van der Waals surface area contributed by atoms with Crippen LogP contribution in [0.3, 0.4) is 0 Å². The molecule has 0 fully saturated rings. The van der Waals surface area contributed by atoms with Crippen molar-refractivity contribution in [2.24, 2.45) is 4.99 Å². The Labute approximate surface area is 137 Å². The van der Waals surface area contributed by atoms with Crippen molar-refractivity contribution in [3.63, 3.8) is 0 Å². The third kappa shape index (κ3) is 3.96. The monoisotopic (exact) mass is 309 g/mol. The number of aromatic hydroxyl groups is 1. The fourth-order valence-corrected chi connectivity index (χ4v) is 3.10. The third-order valence-electron chi connectivity index (χ3n) is 4.33. The molecule has 1 aromatic heterocycles. The maximum Gasteiger partial charge on any atom is 0.142 e.